The number of amides is 1. The van der Waals surface area contributed by atoms with Gasteiger partial charge in [-0.1, -0.05) is 52.4 Å². The van der Waals surface area contributed by atoms with E-state index >= 15 is 0 Å². The zero-order chi connectivity index (χ0) is 12.9. The topological polar surface area (TPSA) is 46.2 Å². The molecular formula is C14H27NO2. The molecule has 0 heterocycles. The number of hydrogen-bond acceptors (Lipinski definition) is 2. The van der Waals surface area contributed by atoms with E-state index in [2.05, 4.69) is 19.2 Å². The molecule has 17 heavy (non-hydrogen) atoms. The van der Waals surface area contributed by atoms with Gasteiger partial charge in [0, 0.05) is 5.92 Å². The molecule has 0 spiro atoms. The molecule has 3 nitrogen and oxygen atoms in total. The molecule has 0 aromatic rings. The lowest BCUT2D eigenvalue weighted by atomic mass is 9.94. The van der Waals surface area contributed by atoms with Crippen LogP contribution in [0.25, 0.3) is 0 Å². The minimum absolute atomic E-state index is 0.0575. The third-order valence-corrected chi connectivity index (χ3v) is 3.04. The van der Waals surface area contributed by atoms with Crippen molar-refractivity contribution in [3.05, 3.63) is 0 Å². The van der Waals surface area contributed by atoms with E-state index in [1.165, 1.54) is 19.3 Å². The maximum Gasteiger partial charge on any atom is 0.223 e. The Morgan fingerprint density at radius 2 is 1.71 bits per heavy atom. The molecule has 1 unspecified atom stereocenters. The van der Waals surface area contributed by atoms with E-state index in [-0.39, 0.29) is 18.4 Å². The van der Waals surface area contributed by atoms with E-state index in [9.17, 15) is 9.59 Å². The van der Waals surface area contributed by atoms with Crippen LogP contribution in [-0.2, 0) is 9.59 Å². The molecule has 0 aromatic carbocycles. The summed E-state index contributed by atoms with van der Waals surface area (Å²) in [6.07, 6.45) is 9.66. The largest absolute Gasteiger partial charge is 0.349 e. The van der Waals surface area contributed by atoms with Crippen molar-refractivity contribution < 1.29 is 9.59 Å². The Kier molecular flexibility index (Phi) is 11.0. The molecule has 0 aromatic heterocycles. The van der Waals surface area contributed by atoms with Gasteiger partial charge in [0.1, 0.15) is 6.29 Å². The van der Waals surface area contributed by atoms with Gasteiger partial charge in [-0.3, -0.25) is 4.79 Å². The first kappa shape index (κ1) is 16.1. The van der Waals surface area contributed by atoms with Crippen molar-refractivity contribution >= 4 is 12.2 Å². The van der Waals surface area contributed by atoms with Gasteiger partial charge < -0.3 is 10.1 Å². The number of aldehydes is 1. The summed E-state index contributed by atoms with van der Waals surface area (Å²) in [4.78, 5) is 22.0. The van der Waals surface area contributed by atoms with E-state index in [0.717, 1.165) is 38.4 Å². The van der Waals surface area contributed by atoms with Gasteiger partial charge in [-0.2, -0.15) is 0 Å². The molecular weight excluding hydrogens is 214 g/mol. The second kappa shape index (κ2) is 11.6. The number of carbonyl (C=O) groups excluding carboxylic acids is 2. The first-order valence-electron chi connectivity index (χ1n) is 6.97. The van der Waals surface area contributed by atoms with Crippen LogP contribution in [0.5, 0.6) is 0 Å². The van der Waals surface area contributed by atoms with Crippen LogP contribution in [0, 0.1) is 5.92 Å². The van der Waals surface area contributed by atoms with Gasteiger partial charge in [0.05, 0.1) is 6.54 Å². The average Bonchev–Trinajstić information content (AvgIpc) is 2.35. The number of rotatable bonds is 11. The van der Waals surface area contributed by atoms with Gasteiger partial charge >= 0.3 is 0 Å². The minimum Gasteiger partial charge on any atom is -0.349 e. The molecule has 1 N–H and O–H groups in total. The van der Waals surface area contributed by atoms with E-state index in [1.54, 1.807) is 0 Å². The lowest BCUT2D eigenvalue weighted by molar-refractivity contribution is -0.126. The van der Waals surface area contributed by atoms with Gasteiger partial charge in [-0.15, -0.1) is 0 Å². The molecule has 0 saturated heterocycles. The molecule has 1 atom stereocenters. The molecule has 0 radical (unpaired) electrons. The highest BCUT2D eigenvalue weighted by Gasteiger charge is 2.16. The van der Waals surface area contributed by atoms with Crippen molar-refractivity contribution in [2.75, 3.05) is 6.54 Å². The van der Waals surface area contributed by atoms with Gasteiger partial charge in [0.2, 0.25) is 5.91 Å². The van der Waals surface area contributed by atoms with Crippen molar-refractivity contribution in [3.8, 4) is 0 Å². The lowest BCUT2D eigenvalue weighted by Gasteiger charge is -2.15. The van der Waals surface area contributed by atoms with E-state index in [1.807, 2.05) is 0 Å². The molecule has 0 rings (SSSR count). The molecule has 0 saturated carbocycles. The Hall–Kier alpha value is -0.860. The van der Waals surface area contributed by atoms with Crippen LogP contribution in [-0.4, -0.2) is 18.7 Å². The van der Waals surface area contributed by atoms with Crippen LogP contribution < -0.4 is 5.32 Å². The van der Waals surface area contributed by atoms with Crippen molar-refractivity contribution in [3.63, 3.8) is 0 Å². The number of hydrogen-bond donors (Lipinski definition) is 1. The molecule has 1 amide bonds. The summed E-state index contributed by atoms with van der Waals surface area (Å²) in [5, 5.41) is 2.68. The fraction of sp³-hybridized carbons (Fsp3) is 0.857. The SMILES string of the molecule is CCCCCCC(CCCC)C(=O)NCC=O. The Labute approximate surface area is 105 Å². The van der Waals surface area contributed by atoms with Crippen molar-refractivity contribution in [2.45, 2.75) is 65.2 Å². The predicted octanol–water partition coefficient (Wildman–Crippen LogP) is 3.08. The number of unbranched alkanes of at least 4 members (excludes halogenated alkanes) is 4. The predicted molar refractivity (Wildman–Crippen MR) is 70.8 cm³/mol. The van der Waals surface area contributed by atoms with Gasteiger partial charge in [-0.05, 0) is 12.8 Å². The smallest absolute Gasteiger partial charge is 0.223 e. The average molecular weight is 241 g/mol. The van der Waals surface area contributed by atoms with Crippen molar-refractivity contribution in [1.29, 1.82) is 0 Å². The number of carbonyl (C=O) groups is 2. The zero-order valence-corrected chi connectivity index (χ0v) is 11.3. The van der Waals surface area contributed by atoms with Crippen LogP contribution in [0.3, 0.4) is 0 Å². The second-order valence-electron chi connectivity index (χ2n) is 4.60. The second-order valence-corrected chi connectivity index (χ2v) is 4.60. The van der Waals surface area contributed by atoms with Crippen LogP contribution in [0.4, 0.5) is 0 Å². The molecule has 0 aliphatic heterocycles. The highest BCUT2D eigenvalue weighted by Crippen LogP contribution is 2.17. The van der Waals surface area contributed by atoms with E-state index in [4.69, 9.17) is 0 Å². The molecule has 0 aliphatic rings. The summed E-state index contributed by atoms with van der Waals surface area (Å²) < 4.78 is 0. The fourth-order valence-corrected chi connectivity index (χ4v) is 1.96. The summed E-state index contributed by atoms with van der Waals surface area (Å²) in [5.41, 5.74) is 0. The normalized spacial score (nSPS) is 12.1. The van der Waals surface area contributed by atoms with Gasteiger partial charge in [0.25, 0.3) is 0 Å². The highest BCUT2D eigenvalue weighted by molar-refractivity contribution is 5.80. The van der Waals surface area contributed by atoms with Crippen molar-refractivity contribution in [2.24, 2.45) is 5.92 Å². The number of nitrogens with one attached hydrogen (secondary N) is 1. The Morgan fingerprint density at radius 1 is 1.06 bits per heavy atom. The van der Waals surface area contributed by atoms with Crippen molar-refractivity contribution in [1.82, 2.24) is 5.32 Å². The maximum atomic E-state index is 11.8. The van der Waals surface area contributed by atoms with Gasteiger partial charge in [0.15, 0.2) is 0 Å². The summed E-state index contributed by atoms with van der Waals surface area (Å²) >= 11 is 0. The molecule has 3 heteroatoms. The maximum absolute atomic E-state index is 11.8. The Balaban J connectivity index is 3.93. The van der Waals surface area contributed by atoms with E-state index < -0.39 is 0 Å². The van der Waals surface area contributed by atoms with Crippen LogP contribution in [0.2, 0.25) is 0 Å². The first-order valence-corrected chi connectivity index (χ1v) is 6.97. The fourth-order valence-electron chi connectivity index (χ4n) is 1.96. The quantitative estimate of drug-likeness (QED) is 0.446. The minimum atomic E-state index is 0.0575. The summed E-state index contributed by atoms with van der Waals surface area (Å²) in [6.45, 7) is 4.47. The molecule has 0 bridgehead atoms. The van der Waals surface area contributed by atoms with E-state index in [0.29, 0.717) is 0 Å². The Morgan fingerprint density at radius 3 is 2.29 bits per heavy atom. The van der Waals surface area contributed by atoms with Crippen LogP contribution >= 0.6 is 0 Å². The highest BCUT2D eigenvalue weighted by atomic mass is 16.2. The monoisotopic (exact) mass is 241 g/mol. The molecule has 100 valence electrons. The molecule has 0 aliphatic carbocycles. The Bertz CT molecular complexity index is 204. The third kappa shape index (κ3) is 8.90. The van der Waals surface area contributed by atoms with Crippen LogP contribution in [0.15, 0.2) is 0 Å². The summed E-state index contributed by atoms with van der Waals surface area (Å²) in [5.74, 6) is 0.161. The zero-order valence-electron chi connectivity index (χ0n) is 11.3. The molecule has 0 fully saturated rings. The van der Waals surface area contributed by atoms with Crippen LogP contribution in [0.1, 0.15) is 65.2 Å². The summed E-state index contributed by atoms with van der Waals surface area (Å²) in [7, 11) is 0. The standard InChI is InChI=1S/C14H27NO2/c1-3-5-7-8-10-13(9-6-4-2)14(17)15-11-12-16/h12-13H,3-11H2,1-2H3,(H,15,17). The third-order valence-electron chi connectivity index (χ3n) is 3.04. The lowest BCUT2D eigenvalue weighted by Crippen LogP contribution is -2.32. The first-order chi connectivity index (χ1) is 8.26. The summed E-state index contributed by atoms with van der Waals surface area (Å²) in [6, 6.07) is 0. The van der Waals surface area contributed by atoms with Gasteiger partial charge in [-0.25, -0.2) is 0 Å².